The predicted molar refractivity (Wildman–Crippen MR) is 72.5 cm³/mol. The Bertz CT molecular complexity index is 650. The van der Waals surface area contributed by atoms with Crippen LogP contribution in [0.25, 0.3) is 0 Å². The van der Waals surface area contributed by atoms with E-state index in [0.717, 1.165) is 6.42 Å². The summed E-state index contributed by atoms with van der Waals surface area (Å²) >= 11 is 0. The van der Waals surface area contributed by atoms with E-state index in [1.165, 1.54) is 20.4 Å². The number of hydrogen-bond acceptors (Lipinski definition) is 6. The molecule has 0 saturated carbocycles. The number of aromatic nitrogens is 1. The largest absolute Gasteiger partial charge is 0.465 e. The molecule has 1 fully saturated rings. The Morgan fingerprint density at radius 1 is 1.27 bits per heavy atom. The number of esters is 2. The molecule has 8 nitrogen and oxygen atoms in total. The van der Waals surface area contributed by atoms with Crippen molar-refractivity contribution >= 4 is 17.8 Å². The molecule has 3 heterocycles. The fourth-order valence-electron chi connectivity index (χ4n) is 2.88. The topological polar surface area (TPSA) is 87.1 Å². The number of carbonyl (C=O) groups excluding carboxylic acids is 3. The summed E-state index contributed by atoms with van der Waals surface area (Å²) in [5.74, 6) is -1.76. The van der Waals surface area contributed by atoms with Crippen molar-refractivity contribution in [2.75, 3.05) is 27.4 Å². The van der Waals surface area contributed by atoms with E-state index in [4.69, 9.17) is 9.47 Å². The number of methoxy groups -OCH3 is 2. The molecular formula is C14H16N2O6. The lowest BCUT2D eigenvalue weighted by Crippen LogP contribution is -2.52. The number of amides is 1. The van der Waals surface area contributed by atoms with Crippen LogP contribution in [0.3, 0.4) is 0 Å². The minimum atomic E-state index is -0.737. The first-order chi connectivity index (χ1) is 10.6. The maximum atomic E-state index is 12.7. The second-order valence-electron chi connectivity index (χ2n) is 5.08. The van der Waals surface area contributed by atoms with E-state index in [1.54, 1.807) is 9.47 Å². The van der Waals surface area contributed by atoms with Gasteiger partial charge < -0.3 is 23.7 Å². The van der Waals surface area contributed by atoms with Crippen LogP contribution in [-0.2, 0) is 20.8 Å². The monoisotopic (exact) mass is 308 g/mol. The number of nitrogens with zero attached hydrogens (tertiary/aromatic N) is 2. The molecule has 0 N–H and O–H groups in total. The zero-order valence-electron chi connectivity index (χ0n) is 12.3. The Morgan fingerprint density at radius 2 is 2.00 bits per heavy atom. The lowest BCUT2D eigenvalue weighted by molar-refractivity contribution is -0.0915. The first kappa shape index (κ1) is 14.6. The molecule has 118 valence electrons. The fraction of sp³-hybridized carbons (Fsp3) is 0.500. The predicted octanol–water partition coefficient (Wildman–Crippen LogP) is 0.263. The molecule has 22 heavy (non-hydrogen) atoms. The van der Waals surface area contributed by atoms with Crippen LogP contribution in [0.1, 0.15) is 37.6 Å². The number of carbonyl (C=O) groups is 3. The lowest BCUT2D eigenvalue weighted by Gasteiger charge is -2.39. The summed E-state index contributed by atoms with van der Waals surface area (Å²) in [5, 5.41) is 0. The maximum absolute atomic E-state index is 12.7. The number of hydrogen-bond donors (Lipinski definition) is 0. The average molecular weight is 308 g/mol. The molecule has 0 aromatic carbocycles. The molecule has 2 aliphatic rings. The van der Waals surface area contributed by atoms with Crippen LogP contribution in [0, 0.1) is 0 Å². The lowest BCUT2D eigenvalue weighted by atomic mass is 10.1. The van der Waals surface area contributed by atoms with Crippen molar-refractivity contribution in [3.63, 3.8) is 0 Å². The molecule has 3 rings (SSSR count). The zero-order valence-corrected chi connectivity index (χ0v) is 12.3. The third-order valence-electron chi connectivity index (χ3n) is 3.89. The third-order valence-corrected chi connectivity index (χ3v) is 3.89. The number of ether oxygens (including phenoxy) is 3. The van der Waals surface area contributed by atoms with E-state index in [0.29, 0.717) is 19.7 Å². The van der Waals surface area contributed by atoms with Gasteiger partial charge in [0.05, 0.1) is 32.9 Å². The van der Waals surface area contributed by atoms with Crippen molar-refractivity contribution < 1.29 is 28.6 Å². The van der Waals surface area contributed by atoms with Crippen LogP contribution >= 0.6 is 0 Å². The van der Waals surface area contributed by atoms with Gasteiger partial charge in [0.15, 0.2) is 6.23 Å². The molecule has 2 aliphatic heterocycles. The molecule has 8 heteroatoms. The SMILES string of the molecule is COC(=O)c1cn2c(c1C(=O)OC)C(=O)N1CCCOC1C2. The van der Waals surface area contributed by atoms with Crippen LogP contribution in [0.4, 0.5) is 0 Å². The van der Waals surface area contributed by atoms with Crippen molar-refractivity contribution in [2.45, 2.75) is 19.2 Å². The minimum absolute atomic E-state index is 0.0255. The highest BCUT2D eigenvalue weighted by atomic mass is 16.5. The highest BCUT2D eigenvalue weighted by molar-refractivity contribution is 6.11. The number of fused-ring (bicyclic) bond motifs is 2. The highest BCUT2D eigenvalue weighted by Crippen LogP contribution is 2.28. The molecule has 1 saturated heterocycles. The molecule has 0 bridgehead atoms. The molecule has 0 radical (unpaired) electrons. The van der Waals surface area contributed by atoms with Gasteiger partial charge >= 0.3 is 11.9 Å². The van der Waals surface area contributed by atoms with E-state index in [-0.39, 0.29) is 29.0 Å². The highest BCUT2D eigenvalue weighted by Gasteiger charge is 2.40. The van der Waals surface area contributed by atoms with Gasteiger partial charge in [0.25, 0.3) is 5.91 Å². The van der Waals surface area contributed by atoms with Gasteiger partial charge in [-0.2, -0.15) is 0 Å². The quantitative estimate of drug-likeness (QED) is 0.729. The normalized spacial score (nSPS) is 20.2. The second-order valence-corrected chi connectivity index (χ2v) is 5.08. The van der Waals surface area contributed by atoms with Crippen molar-refractivity contribution in [1.82, 2.24) is 9.47 Å². The van der Waals surface area contributed by atoms with Crippen LogP contribution in [-0.4, -0.2) is 60.9 Å². The summed E-state index contributed by atoms with van der Waals surface area (Å²) in [6.45, 7) is 1.50. The Balaban J connectivity index is 2.14. The van der Waals surface area contributed by atoms with Gasteiger partial charge in [-0.05, 0) is 6.42 Å². The van der Waals surface area contributed by atoms with E-state index < -0.39 is 11.9 Å². The van der Waals surface area contributed by atoms with Crippen LogP contribution in [0.2, 0.25) is 0 Å². The van der Waals surface area contributed by atoms with Gasteiger partial charge in [-0.15, -0.1) is 0 Å². The van der Waals surface area contributed by atoms with Crippen LogP contribution in [0.5, 0.6) is 0 Å². The van der Waals surface area contributed by atoms with E-state index >= 15 is 0 Å². The van der Waals surface area contributed by atoms with Crippen molar-refractivity contribution in [2.24, 2.45) is 0 Å². The molecular weight excluding hydrogens is 292 g/mol. The molecule has 1 amide bonds. The van der Waals surface area contributed by atoms with Gasteiger partial charge in [0, 0.05) is 12.7 Å². The Kier molecular flexibility index (Phi) is 3.61. The first-order valence-electron chi connectivity index (χ1n) is 6.90. The molecule has 1 aromatic rings. The summed E-state index contributed by atoms with van der Waals surface area (Å²) in [6, 6.07) is 0. The first-order valence-corrected chi connectivity index (χ1v) is 6.90. The third kappa shape index (κ3) is 2.07. The summed E-state index contributed by atoms with van der Waals surface area (Å²) in [5.41, 5.74) is 0.120. The summed E-state index contributed by atoms with van der Waals surface area (Å²) < 4.78 is 16.6. The molecule has 1 atom stereocenters. The van der Waals surface area contributed by atoms with Crippen molar-refractivity contribution in [3.05, 3.63) is 23.0 Å². The maximum Gasteiger partial charge on any atom is 0.341 e. The number of rotatable bonds is 2. The Labute approximate surface area is 126 Å². The zero-order chi connectivity index (χ0) is 15.9. The minimum Gasteiger partial charge on any atom is -0.465 e. The van der Waals surface area contributed by atoms with Gasteiger partial charge in [0.1, 0.15) is 11.3 Å². The van der Waals surface area contributed by atoms with Gasteiger partial charge in [-0.1, -0.05) is 0 Å². The van der Waals surface area contributed by atoms with Crippen LogP contribution in [0.15, 0.2) is 6.20 Å². The Morgan fingerprint density at radius 3 is 2.68 bits per heavy atom. The Hall–Kier alpha value is -2.35. The van der Waals surface area contributed by atoms with Gasteiger partial charge in [-0.25, -0.2) is 9.59 Å². The molecule has 0 aliphatic carbocycles. The van der Waals surface area contributed by atoms with Crippen molar-refractivity contribution in [1.29, 1.82) is 0 Å². The molecule has 1 aromatic heterocycles. The molecule has 0 spiro atoms. The van der Waals surface area contributed by atoms with E-state index in [9.17, 15) is 14.4 Å². The fourth-order valence-corrected chi connectivity index (χ4v) is 2.88. The molecule has 1 unspecified atom stereocenters. The summed E-state index contributed by atoms with van der Waals surface area (Å²) in [4.78, 5) is 38.2. The van der Waals surface area contributed by atoms with Crippen molar-refractivity contribution in [3.8, 4) is 0 Å². The van der Waals surface area contributed by atoms with Crippen LogP contribution < -0.4 is 0 Å². The van der Waals surface area contributed by atoms with Gasteiger partial charge in [-0.3, -0.25) is 4.79 Å². The second kappa shape index (κ2) is 5.45. The average Bonchev–Trinajstić information content (AvgIpc) is 2.93. The summed E-state index contributed by atoms with van der Waals surface area (Å²) in [6.07, 6.45) is 1.80. The van der Waals surface area contributed by atoms with E-state index in [1.807, 2.05) is 0 Å². The summed E-state index contributed by atoms with van der Waals surface area (Å²) in [7, 11) is 2.42. The standard InChI is InChI=1S/C14H16N2O6/c1-20-13(18)8-6-15-7-9-16(4-3-5-22-9)12(17)11(15)10(8)14(19)21-2/h6,9H,3-5,7H2,1-2H3. The smallest absolute Gasteiger partial charge is 0.341 e. The van der Waals surface area contributed by atoms with Gasteiger partial charge in [0.2, 0.25) is 0 Å². The van der Waals surface area contributed by atoms with E-state index in [2.05, 4.69) is 4.74 Å².